The van der Waals surface area contributed by atoms with Crippen molar-refractivity contribution in [1.82, 2.24) is 10.3 Å². The summed E-state index contributed by atoms with van der Waals surface area (Å²) in [6.45, 7) is 6.00. The fourth-order valence-corrected chi connectivity index (χ4v) is 2.13. The van der Waals surface area contributed by atoms with Crippen LogP contribution in [0.1, 0.15) is 36.3 Å². The molecule has 0 aliphatic carbocycles. The molecule has 2 N–H and O–H groups in total. The molecule has 0 saturated heterocycles. The number of pyridine rings is 1. The lowest BCUT2D eigenvalue weighted by Gasteiger charge is -2.17. The molecule has 0 fully saturated rings. The van der Waals surface area contributed by atoms with Gasteiger partial charge in [-0.2, -0.15) is 0 Å². The van der Waals surface area contributed by atoms with Crippen molar-refractivity contribution in [3.8, 4) is 11.5 Å². The van der Waals surface area contributed by atoms with Crippen molar-refractivity contribution in [1.29, 1.82) is 0 Å². The fraction of sp³-hybridized carbons (Fsp3) is 0.412. The van der Waals surface area contributed by atoms with Crippen molar-refractivity contribution in [2.75, 3.05) is 6.54 Å². The van der Waals surface area contributed by atoms with E-state index in [1.54, 1.807) is 31.4 Å². The first kappa shape index (κ1) is 16.2. The van der Waals surface area contributed by atoms with E-state index in [9.17, 15) is 9.90 Å². The maximum absolute atomic E-state index is 12.2. The quantitative estimate of drug-likeness (QED) is 0.860. The number of furan rings is 1. The number of rotatable bonds is 6. The highest BCUT2D eigenvalue weighted by Crippen LogP contribution is 2.19. The Balaban J connectivity index is 2.04. The van der Waals surface area contributed by atoms with Crippen LogP contribution >= 0.6 is 0 Å². The molecule has 22 heavy (non-hydrogen) atoms. The molecule has 2 aromatic rings. The third-order valence-corrected chi connectivity index (χ3v) is 3.88. The molecular formula is C17H22N2O3. The molecule has 2 unspecified atom stereocenters. The van der Waals surface area contributed by atoms with Gasteiger partial charge < -0.3 is 14.8 Å². The van der Waals surface area contributed by atoms with Gasteiger partial charge in [-0.05, 0) is 37.1 Å². The van der Waals surface area contributed by atoms with E-state index in [0.717, 1.165) is 6.42 Å². The van der Waals surface area contributed by atoms with Gasteiger partial charge in [0.05, 0.1) is 23.6 Å². The number of nitrogens with zero attached hydrogens (tertiary/aromatic N) is 1. The average molecular weight is 302 g/mol. The molecule has 0 aromatic carbocycles. The number of carbonyl (C=O) groups excluding carboxylic acids is 1. The summed E-state index contributed by atoms with van der Waals surface area (Å²) in [5.74, 6) is 0.599. The Morgan fingerprint density at radius 3 is 2.77 bits per heavy atom. The highest BCUT2D eigenvalue weighted by atomic mass is 16.3. The molecule has 0 aliphatic heterocycles. The Bertz CT molecular complexity index is 623. The van der Waals surface area contributed by atoms with Gasteiger partial charge in [0.15, 0.2) is 5.76 Å². The monoisotopic (exact) mass is 302 g/mol. The summed E-state index contributed by atoms with van der Waals surface area (Å²) in [4.78, 5) is 16.6. The molecule has 0 aliphatic rings. The lowest BCUT2D eigenvalue weighted by atomic mass is 10.0. The number of hydrogen-bond acceptors (Lipinski definition) is 4. The van der Waals surface area contributed by atoms with Crippen LogP contribution in [0.25, 0.3) is 11.5 Å². The summed E-state index contributed by atoms with van der Waals surface area (Å²) in [5, 5.41) is 12.7. The second-order valence-electron chi connectivity index (χ2n) is 5.47. The zero-order valence-electron chi connectivity index (χ0n) is 13.2. The lowest BCUT2D eigenvalue weighted by Crippen LogP contribution is -2.35. The minimum absolute atomic E-state index is 0.154. The van der Waals surface area contributed by atoms with Crippen molar-refractivity contribution in [2.45, 2.75) is 33.3 Å². The van der Waals surface area contributed by atoms with Gasteiger partial charge in [0.2, 0.25) is 0 Å². The molecule has 2 heterocycles. The predicted molar refractivity (Wildman–Crippen MR) is 84.5 cm³/mol. The number of aliphatic hydroxyl groups excluding tert-OH is 1. The Morgan fingerprint density at radius 1 is 1.41 bits per heavy atom. The molecule has 1 amide bonds. The molecule has 0 radical (unpaired) electrons. The predicted octanol–water partition coefficient (Wildman–Crippen LogP) is 2.79. The van der Waals surface area contributed by atoms with E-state index in [2.05, 4.69) is 10.3 Å². The number of aryl methyl sites for hydroxylation is 1. The van der Waals surface area contributed by atoms with E-state index in [0.29, 0.717) is 22.7 Å². The van der Waals surface area contributed by atoms with Crippen LogP contribution in [0, 0.1) is 12.8 Å². The third-order valence-electron chi connectivity index (χ3n) is 3.88. The Morgan fingerprint density at radius 2 is 2.18 bits per heavy atom. The Hall–Kier alpha value is -2.14. The van der Waals surface area contributed by atoms with Gasteiger partial charge in [-0.3, -0.25) is 4.79 Å². The molecule has 5 nitrogen and oxygen atoms in total. The van der Waals surface area contributed by atoms with Crippen molar-refractivity contribution in [3.63, 3.8) is 0 Å². The summed E-state index contributed by atoms with van der Waals surface area (Å²) in [5.41, 5.74) is 1.83. The molecule has 118 valence electrons. The first-order chi connectivity index (χ1) is 10.5. The van der Waals surface area contributed by atoms with Gasteiger partial charge in [0.1, 0.15) is 5.69 Å². The summed E-state index contributed by atoms with van der Waals surface area (Å²) < 4.78 is 5.30. The second-order valence-corrected chi connectivity index (χ2v) is 5.47. The van der Waals surface area contributed by atoms with Crippen LogP contribution in [0.15, 0.2) is 34.9 Å². The normalized spacial score (nSPS) is 13.6. The highest BCUT2D eigenvalue weighted by Gasteiger charge is 2.16. The molecule has 2 atom stereocenters. The minimum Gasteiger partial charge on any atom is -0.463 e. The Kier molecular flexibility index (Phi) is 5.33. The van der Waals surface area contributed by atoms with Gasteiger partial charge in [0, 0.05) is 6.54 Å². The van der Waals surface area contributed by atoms with Crippen LogP contribution in [0.3, 0.4) is 0 Å². The molecule has 2 rings (SSSR count). The molecule has 0 spiro atoms. The minimum atomic E-state index is -0.537. The highest BCUT2D eigenvalue weighted by molar-refractivity contribution is 5.95. The van der Waals surface area contributed by atoms with E-state index < -0.39 is 6.10 Å². The fourth-order valence-electron chi connectivity index (χ4n) is 2.13. The maximum atomic E-state index is 12.2. The van der Waals surface area contributed by atoms with Crippen LogP contribution in [0.2, 0.25) is 0 Å². The van der Waals surface area contributed by atoms with Crippen molar-refractivity contribution >= 4 is 5.91 Å². The topological polar surface area (TPSA) is 75.4 Å². The van der Waals surface area contributed by atoms with Crippen LogP contribution in [-0.2, 0) is 0 Å². The number of amides is 1. The third kappa shape index (κ3) is 3.74. The molecular weight excluding hydrogens is 280 g/mol. The first-order valence-corrected chi connectivity index (χ1v) is 7.50. The van der Waals surface area contributed by atoms with Crippen LogP contribution in [-0.4, -0.2) is 28.6 Å². The van der Waals surface area contributed by atoms with Crippen molar-refractivity contribution in [2.24, 2.45) is 5.92 Å². The van der Waals surface area contributed by atoms with Gasteiger partial charge in [0.25, 0.3) is 5.91 Å². The number of hydrogen-bond donors (Lipinski definition) is 2. The standard InChI is InChI=1S/C17H22N2O3/c1-4-11(2)15(20)10-18-17(21)13-7-8-14(19-12(13)3)16-6-5-9-22-16/h5-9,11,15,20H,4,10H2,1-3H3,(H,18,21). The van der Waals surface area contributed by atoms with Crippen LogP contribution in [0.5, 0.6) is 0 Å². The zero-order chi connectivity index (χ0) is 16.1. The number of nitrogens with one attached hydrogen (secondary N) is 1. The maximum Gasteiger partial charge on any atom is 0.253 e. The van der Waals surface area contributed by atoms with Crippen LogP contribution < -0.4 is 5.32 Å². The summed E-state index contributed by atoms with van der Waals surface area (Å²) in [6, 6.07) is 7.10. The van der Waals surface area contributed by atoms with Crippen molar-refractivity contribution < 1.29 is 14.3 Å². The largest absolute Gasteiger partial charge is 0.463 e. The number of aliphatic hydroxyl groups is 1. The van der Waals surface area contributed by atoms with Crippen LogP contribution in [0.4, 0.5) is 0 Å². The number of aromatic nitrogens is 1. The molecule has 0 saturated carbocycles. The zero-order valence-corrected chi connectivity index (χ0v) is 13.2. The smallest absolute Gasteiger partial charge is 0.253 e. The van der Waals surface area contributed by atoms with Crippen molar-refractivity contribution in [3.05, 3.63) is 41.8 Å². The molecule has 5 heteroatoms. The van der Waals surface area contributed by atoms with Gasteiger partial charge in [-0.25, -0.2) is 4.98 Å². The van der Waals surface area contributed by atoms with Gasteiger partial charge >= 0.3 is 0 Å². The first-order valence-electron chi connectivity index (χ1n) is 7.50. The average Bonchev–Trinajstić information content (AvgIpc) is 3.05. The van der Waals surface area contributed by atoms with E-state index in [4.69, 9.17) is 4.42 Å². The van der Waals surface area contributed by atoms with Gasteiger partial charge in [-0.15, -0.1) is 0 Å². The second kappa shape index (κ2) is 7.22. The van der Waals surface area contributed by atoms with Gasteiger partial charge in [-0.1, -0.05) is 20.3 Å². The van der Waals surface area contributed by atoms with E-state index in [1.807, 2.05) is 19.9 Å². The summed E-state index contributed by atoms with van der Waals surface area (Å²) >= 11 is 0. The lowest BCUT2D eigenvalue weighted by molar-refractivity contribution is 0.0849. The molecule has 0 bridgehead atoms. The SMILES string of the molecule is CCC(C)C(O)CNC(=O)c1ccc(-c2ccco2)nc1C. The number of carbonyl (C=O) groups is 1. The van der Waals surface area contributed by atoms with E-state index >= 15 is 0 Å². The van der Waals surface area contributed by atoms with E-state index in [1.165, 1.54) is 0 Å². The Labute approximate surface area is 130 Å². The summed E-state index contributed by atoms with van der Waals surface area (Å²) in [7, 11) is 0. The van der Waals surface area contributed by atoms with E-state index in [-0.39, 0.29) is 18.4 Å². The summed E-state index contributed by atoms with van der Waals surface area (Å²) in [6.07, 6.45) is 1.92. The molecule has 2 aromatic heterocycles.